The maximum atomic E-state index is 11.8. The third-order valence-corrected chi connectivity index (χ3v) is 7.00. The maximum absolute atomic E-state index is 11.8. The van der Waals surface area contributed by atoms with E-state index in [0.29, 0.717) is 6.54 Å². The van der Waals surface area contributed by atoms with E-state index in [1.807, 2.05) is 0 Å². The van der Waals surface area contributed by atoms with Crippen molar-refractivity contribution >= 4 is 10.0 Å². The van der Waals surface area contributed by atoms with Crippen molar-refractivity contribution in [2.75, 3.05) is 19.8 Å². The first-order valence-electron chi connectivity index (χ1n) is 7.28. The van der Waals surface area contributed by atoms with Crippen molar-refractivity contribution < 1.29 is 18.3 Å². The summed E-state index contributed by atoms with van der Waals surface area (Å²) in [6, 6.07) is 0. The van der Waals surface area contributed by atoms with Crippen LogP contribution in [-0.4, -0.2) is 44.6 Å². The Morgan fingerprint density at radius 3 is 2.47 bits per heavy atom. The van der Waals surface area contributed by atoms with Crippen molar-refractivity contribution in [2.45, 2.75) is 49.9 Å². The van der Waals surface area contributed by atoms with Crippen LogP contribution in [0.15, 0.2) is 0 Å². The lowest BCUT2D eigenvalue weighted by molar-refractivity contribution is -0.0552. The molecule has 3 aliphatic rings. The molecule has 3 rings (SSSR count). The van der Waals surface area contributed by atoms with Crippen molar-refractivity contribution in [1.82, 2.24) is 4.72 Å². The summed E-state index contributed by atoms with van der Waals surface area (Å²) in [5.74, 6) is 0.0617. The second-order valence-electron chi connectivity index (χ2n) is 6.31. The van der Waals surface area contributed by atoms with Crippen molar-refractivity contribution in [3.63, 3.8) is 0 Å². The minimum absolute atomic E-state index is 0.0199. The van der Waals surface area contributed by atoms with Gasteiger partial charge in [-0.15, -0.1) is 0 Å². The van der Waals surface area contributed by atoms with Crippen LogP contribution in [0.2, 0.25) is 0 Å². The summed E-state index contributed by atoms with van der Waals surface area (Å²) in [7, 11) is -3.13. The van der Waals surface area contributed by atoms with Crippen LogP contribution in [0.3, 0.4) is 0 Å². The van der Waals surface area contributed by atoms with Crippen molar-refractivity contribution in [1.29, 1.82) is 0 Å². The van der Waals surface area contributed by atoms with Crippen LogP contribution in [0.5, 0.6) is 0 Å². The molecule has 0 aromatic heterocycles. The lowest BCUT2D eigenvalue weighted by Gasteiger charge is -2.37. The van der Waals surface area contributed by atoms with Gasteiger partial charge in [-0.3, -0.25) is 0 Å². The Morgan fingerprint density at radius 2 is 1.84 bits per heavy atom. The Balaban J connectivity index is 1.58. The molecule has 2 atom stereocenters. The molecule has 110 valence electrons. The predicted molar refractivity (Wildman–Crippen MR) is 71.2 cm³/mol. The Labute approximate surface area is 114 Å². The summed E-state index contributed by atoms with van der Waals surface area (Å²) >= 11 is 0. The largest absolute Gasteiger partial charge is 0.392 e. The average molecular weight is 289 g/mol. The first-order valence-corrected chi connectivity index (χ1v) is 8.82. The highest BCUT2D eigenvalue weighted by atomic mass is 32.2. The van der Waals surface area contributed by atoms with Crippen molar-refractivity contribution in [2.24, 2.45) is 11.3 Å². The molecular weight excluding hydrogens is 266 g/mol. The minimum atomic E-state index is -3.13. The first kappa shape index (κ1) is 13.8. The van der Waals surface area contributed by atoms with Crippen LogP contribution < -0.4 is 4.72 Å². The predicted octanol–water partition coefficient (Wildman–Crippen LogP) is 0.636. The highest BCUT2D eigenvalue weighted by Gasteiger charge is 2.48. The molecule has 0 radical (unpaired) electrons. The van der Waals surface area contributed by atoms with E-state index in [0.717, 1.165) is 51.7 Å². The molecule has 1 spiro atoms. The number of hydrogen-bond donors (Lipinski definition) is 2. The fourth-order valence-corrected chi connectivity index (χ4v) is 4.97. The van der Waals surface area contributed by atoms with E-state index in [9.17, 15) is 13.5 Å². The van der Waals surface area contributed by atoms with E-state index >= 15 is 0 Å². The quantitative estimate of drug-likeness (QED) is 0.796. The molecule has 0 unspecified atom stereocenters. The monoisotopic (exact) mass is 289 g/mol. The topological polar surface area (TPSA) is 75.6 Å². The normalized spacial score (nSPS) is 34.8. The average Bonchev–Trinajstić information content (AvgIpc) is 3.20. The van der Waals surface area contributed by atoms with Crippen molar-refractivity contribution in [3.8, 4) is 0 Å². The summed E-state index contributed by atoms with van der Waals surface area (Å²) in [6.07, 6.45) is 4.88. The van der Waals surface area contributed by atoms with Gasteiger partial charge in [-0.25, -0.2) is 13.1 Å². The number of aliphatic hydroxyl groups excluding tert-OH is 1. The summed E-state index contributed by atoms with van der Waals surface area (Å²) in [6.45, 7) is 1.83. The zero-order valence-electron chi connectivity index (χ0n) is 11.2. The second-order valence-corrected chi connectivity index (χ2v) is 8.36. The highest BCUT2D eigenvalue weighted by molar-refractivity contribution is 7.90. The molecule has 19 heavy (non-hydrogen) atoms. The van der Waals surface area contributed by atoms with E-state index in [-0.39, 0.29) is 16.6 Å². The van der Waals surface area contributed by atoms with E-state index < -0.39 is 16.1 Å². The highest BCUT2D eigenvalue weighted by Crippen LogP contribution is 2.48. The van der Waals surface area contributed by atoms with Gasteiger partial charge in [0.2, 0.25) is 10.0 Å². The van der Waals surface area contributed by atoms with E-state index in [1.54, 1.807) is 0 Å². The summed E-state index contributed by atoms with van der Waals surface area (Å²) < 4.78 is 31.7. The molecule has 0 bridgehead atoms. The molecule has 0 aromatic rings. The first-order chi connectivity index (χ1) is 9.04. The molecule has 0 aromatic carbocycles. The van der Waals surface area contributed by atoms with Crippen LogP contribution in [-0.2, 0) is 14.8 Å². The lowest BCUT2D eigenvalue weighted by atomic mass is 9.76. The minimum Gasteiger partial charge on any atom is -0.392 e. The van der Waals surface area contributed by atoms with Gasteiger partial charge in [0, 0.05) is 25.2 Å². The number of nitrogens with one attached hydrogen (secondary N) is 1. The smallest absolute Gasteiger partial charge is 0.214 e. The molecule has 0 amide bonds. The molecular formula is C13H23NO4S. The van der Waals surface area contributed by atoms with Crippen LogP contribution in [0.25, 0.3) is 0 Å². The Kier molecular flexibility index (Phi) is 3.62. The SMILES string of the molecule is O=S(=O)(NC[C@H]1CCC2(CCOCC2)[C@@H]1O)C1CC1. The number of hydrogen-bond acceptors (Lipinski definition) is 4. The van der Waals surface area contributed by atoms with Gasteiger partial charge in [-0.1, -0.05) is 0 Å². The van der Waals surface area contributed by atoms with Gasteiger partial charge in [0.05, 0.1) is 11.4 Å². The standard InChI is InChI=1S/C13H23NO4S/c15-12-10(9-14-19(16,17)11-1-2-11)3-4-13(12)5-7-18-8-6-13/h10-12,14-15H,1-9H2/t10-,12-/m1/s1. The third kappa shape index (κ3) is 2.68. The third-order valence-electron chi connectivity index (χ3n) is 5.09. The number of aliphatic hydroxyl groups is 1. The van der Waals surface area contributed by atoms with Gasteiger partial charge in [0.15, 0.2) is 0 Å². The number of rotatable bonds is 4. The van der Waals surface area contributed by atoms with Crippen LogP contribution in [0.1, 0.15) is 38.5 Å². The van der Waals surface area contributed by atoms with E-state index in [1.165, 1.54) is 0 Å². The Hall–Kier alpha value is -0.170. The fourth-order valence-electron chi connectivity index (χ4n) is 3.54. The van der Waals surface area contributed by atoms with Gasteiger partial charge in [-0.2, -0.15) is 0 Å². The van der Waals surface area contributed by atoms with E-state index in [4.69, 9.17) is 4.74 Å². The molecule has 2 aliphatic carbocycles. The molecule has 6 heteroatoms. The summed E-state index contributed by atoms with van der Waals surface area (Å²) in [5, 5.41) is 10.3. The lowest BCUT2D eigenvalue weighted by Crippen LogP contribution is -2.42. The molecule has 2 saturated carbocycles. The van der Waals surface area contributed by atoms with Gasteiger partial charge >= 0.3 is 0 Å². The fraction of sp³-hybridized carbons (Fsp3) is 1.00. The zero-order valence-corrected chi connectivity index (χ0v) is 12.0. The van der Waals surface area contributed by atoms with Gasteiger partial charge in [0.1, 0.15) is 0 Å². The molecule has 2 N–H and O–H groups in total. The van der Waals surface area contributed by atoms with Crippen molar-refractivity contribution in [3.05, 3.63) is 0 Å². The van der Waals surface area contributed by atoms with Gasteiger partial charge < -0.3 is 9.84 Å². The van der Waals surface area contributed by atoms with E-state index in [2.05, 4.69) is 4.72 Å². The Morgan fingerprint density at radius 1 is 1.16 bits per heavy atom. The molecule has 1 heterocycles. The van der Waals surface area contributed by atoms with Crippen LogP contribution in [0, 0.1) is 11.3 Å². The molecule has 5 nitrogen and oxygen atoms in total. The van der Waals surface area contributed by atoms with Crippen LogP contribution >= 0.6 is 0 Å². The molecule has 1 saturated heterocycles. The molecule has 1 aliphatic heterocycles. The second kappa shape index (κ2) is 4.98. The van der Waals surface area contributed by atoms with Crippen LogP contribution in [0.4, 0.5) is 0 Å². The number of sulfonamides is 1. The summed E-state index contributed by atoms with van der Waals surface area (Å²) in [5.41, 5.74) is -0.0199. The van der Waals surface area contributed by atoms with Gasteiger partial charge in [0.25, 0.3) is 0 Å². The summed E-state index contributed by atoms with van der Waals surface area (Å²) in [4.78, 5) is 0. The maximum Gasteiger partial charge on any atom is 0.214 e. The number of ether oxygens (including phenoxy) is 1. The molecule has 3 fully saturated rings. The van der Waals surface area contributed by atoms with Gasteiger partial charge in [-0.05, 0) is 44.4 Å². The Bertz CT molecular complexity index is 426. The zero-order chi connectivity index (χ0) is 13.5.